The SMILES string of the molecule is CC(C)C(c1ccccc1S(=O)(=O)N(C)C)C(C)Cl. The van der Waals surface area contributed by atoms with Crippen LogP contribution in [0.1, 0.15) is 32.3 Å². The summed E-state index contributed by atoms with van der Waals surface area (Å²) < 4.78 is 26.0. The molecular formula is C14H22ClNO2S. The molecule has 108 valence electrons. The Bertz CT molecular complexity index is 516. The normalized spacial score (nSPS) is 15.8. The van der Waals surface area contributed by atoms with Crippen molar-refractivity contribution in [2.75, 3.05) is 14.1 Å². The molecule has 0 spiro atoms. The topological polar surface area (TPSA) is 37.4 Å². The van der Waals surface area contributed by atoms with Gasteiger partial charge in [0.25, 0.3) is 0 Å². The van der Waals surface area contributed by atoms with Crippen LogP contribution in [0.25, 0.3) is 0 Å². The Hall–Kier alpha value is -0.580. The number of alkyl halides is 1. The molecule has 2 atom stereocenters. The van der Waals surface area contributed by atoms with Gasteiger partial charge in [0.2, 0.25) is 10.0 Å². The van der Waals surface area contributed by atoms with E-state index in [-0.39, 0.29) is 17.2 Å². The average molecular weight is 304 g/mol. The maximum atomic E-state index is 12.4. The van der Waals surface area contributed by atoms with Crippen LogP contribution in [0.2, 0.25) is 0 Å². The van der Waals surface area contributed by atoms with Gasteiger partial charge in [-0.1, -0.05) is 32.0 Å². The summed E-state index contributed by atoms with van der Waals surface area (Å²) in [5, 5.41) is -0.126. The first-order valence-electron chi connectivity index (χ1n) is 6.35. The summed E-state index contributed by atoms with van der Waals surface area (Å²) >= 11 is 6.27. The molecule has 19 heavy (non-hydrogen) atoms. The Morgan fingerprint density at radius 2 is 1.63 bits per heavy atom. The molecule has 0 saturated carbocycles. The summed E-state index contributed by atoms with van der Waals surface area (Å²) in [7, 11) is -0.360. The van der Waals surface area contributed by atoms with E-state index in [1.54, 1.807) is 26.2 Å². The monoisotopic (exact) mass is 303 g/mol. The standard InChI is InChI=1S/C14H22ClNO2S/c1-10(2)14(11(3)15)12-8-6-7-9-13(12)19(17,18)16(4)5/h6-11,14H,1-5H3. The first-order chi connectivity index (χ1) is 8.69. The predicted molar refractivity (Wildman–Crippen MR) is 80.2 cm³/mol. The highest BCUT2D eigenvalue weighted by molar-refractivity contribution is 7.89. The van der Waals surface area contributed by atoms with Crippen molar-refractivity contribution in [3.63, 3.8) is 0 Å². The van der Waals surface area contributed by atoms with Crippen molar-refractivity contribution in [2.24, 2.45) is 5.92 Å². The maximum absolute atomic E-state index is 12.4. The number of hydrogen-bond acceptors (Lipinski definition) is 2. The molecule has 5 heteroatoms. The quantitative estimate of drug-likeness (QED) is 0.783. The van der Waals surface area contributed by atoms with Gasteiger partial charge in [0.05, 0.1) is 4.90 Å². The van der Waals surface area contributed by atoms with E-state index in [1.807, 2.05) is 19.1 Å². The summed E-state index contributed by atoms with van der Waals surface area (Å²) in [5.74, 6) is 0.276. The van der Waals surface area contributed by atoms with E-state index in [1.165, 1.54) is 4.31 Å². The van der Waals surface area contributed by atoms with Crippen molar-refractivity contribution in [3.8, 4) is 0 Å². The highest BCUT2D eigenvalue weighted by Gasteiger charge is 2.29. The largest absolute Gasteiger partial charge is 0.242 e. The van der Waals surface area contributed by atoms with E-state index in [2.05, 4.69) is 13.8 Å². The van der Waals surface area contributed by atoms with Crippen LogP contribution in [0.5, 0.6) is 0 Å². The Labute approximate surface area is 121 Å². The molecule has 1 aromatic carbocycles. The van der Waals surface area contributed by atoms with E-state index in [4.69, 9.17) is 11.6 Å². The Balaban J connectivity index is 3.46. The molecule has 0 aliphatic rings. The average Bonchev–Trinajstić information content (AvgIpc) is 2.28. The molecule has 0 radical (unpaired) electrons. The number of rotatable bonds is 5. The molecule has 0 amide bonds. The lowest BCUT2D eigenvalue weighted by Crippen LogP contribution is -2.26. The van der Waals surface area contributed by atoms with E-state index < -0.39 is 10.0 Å². The van der Waals surface area contributed by atoms with Gasteiger partial charge in [0, 0.05) is 25.4 Å². The zero-order valence-electron chi connectivity index (χ0n) is 12.1. The van der Waals surface area contributed by atoms with Gasteiger partial charge in [-0.2, -0.15) is 0 Å². The summed E-state index contributed by atoms with van der Waals surface area (Å²) in [4.78, 5) is 0.353. The lowest BCUT2D eigenvalue weighted by Gasteiger charge is -2.26. The van der Waals surface area contributed by atoms with E-state index in [9.17, 15) is 8.42 Å². The molecule has 2 unspecified atom stereocenters. The van der Waals surface area contributed by atoms with Gasteiger partial charge in [-0.25, -0.2) is 12.7 Å². The summed E-state index contributed by atoms with van der Waals surface area (Å²) in [5.41, 5.74) is 0.800. The second-order valence-corrected chi connectivity index (χ2v) is 8.08. The van der Waals surface area contributed by atoms with Crippen LogP contribution in [-0.2, 0) is 10.0 Å². The van der Waals surface area contributed by atoms with Gasteiger partial charge >= 0.3 is 0 Å². The summed E-state index contributed by atoms with van der Waals surface area (Å²) in [6, 6.07) is 7.12. The van der Waals surface area contributed by atoms with Crippen molar-refractivity contribution in [3.05, 3.63) is 29.8 Å². The fraction of sp³-hybridized carbons (Fsp3) is 0.571. The minimum Gasteiger partial charge on any atom is -0.207 e. The van der Waals surface area contributed by atoms with E-state index in [0.29, 0.717) is 4.90 Å². The Kier molecular flexibility index (Phi) is 5.42. The Morgan fingerprint density at radius 3 is 2.05 bits per heavy atom. The molecule has 0 saturated heterocycles. The summed E-state index contributed by atoms with van der Waals surface area (Å²) in [6.45, 7) is 6.02. The molecule has 0 aromatic heterocycles. The van der Waals surface area contributed by atoms with Gasteiger partial charge in [0.1, 0.15) is 0 Å². The van der Waals surface area contributed by atoms with Crippen molar-refractivity contribution < 1.29 is 8.42 Å². The fourth-order valence-electron chi connectivity index (χ4n) is 2.32. The molecule has 0 heterocycles. The molecule has 0 aliphatic heterocycles. The Morgan fingerprint density at radius 1 is 1.11 bits per heavy atom. The highest BCUT2D eigenvalue weighted by atomic mass is 35.5. The third-order valence-electron chi connectivity index (χ3n) is 3.25. The molecule has 3 nitrogen and oxygen atoms in total. The minimum absolute atomic E-state index is 0.00703. The van der Waals surface area contributed by atoms with Gasteiger partial charge in [-0.3, -0.25) is 0 Å². The highest BCUT2D eigenvalue weighted by Crippen LogP contribution is 2.35. The maximum Gasteiger partial charge on any atom is 0.242 e. The van der Waals surface area contributed by atoms with Gasteiger partial charge in [-0.15, -0.1) is 11.6 Å². The first kappa shape index (κ1) is 16.5. The molecule has 0 bridgehead atoms. The first-order valence-corrected chi connectivity index (χ1v) is 8.22. The lowest BCUT2D eigenvalue weighted by atomic mass is 9.86. The van der Waals surface area contributed by atoms with Gasteiger partial charge in [0.15, 0.2) is 0 Å². The minimum atomic E-state index is -3.44. The molecule has 1 aromatic rings. The number of benzene rings is 1. The van der Waals surface area contributed by atoms with Crippen molar-refractivity contribution in [1.82, 2.24) is 4.31 Å². The second-order valence-electron chi connectivity index (χ2n) is 5.27. The number of nitrogens with zero attached hydrogens (tertiary/aromatic N) is 1. The van der Waals surface area contributed by atoms with Crippen LogP contribution >= 0.6 is 11.6 Å². The second kappa shape index (κ2) is 6.25. The fourth-order valence-corrected chi connectivity index (χ4v) is 3.90. The van der Waals surface area contributed by atoms with Crippen molar-refractivity contribution >= 4 is 21.6 Å². The van der Waals surface area contributed by atoms with Gasteiger partial charge < -0.3 is 0 Å². The molecule has 0 aliphatic carbocycles. The van der Waals surface area contributed by atoms with Crippen LogP contribution < -0.4 is 0 Å². The molecule has 0 fully saturated rings. The van der Waals surface area contributed by atoms with Crippen LogP contribution in [0.15, 0.2) is 29.2 Å². The smallest absolute Gasteiger partial charge is 0.207 e. The van der Waals surface area contributed by atoms with Gasteiger partial charge in [-0.05, 0) is 24.5 Å². The van der Waals surface area contributed by atoms with Crippen LogP contribution in [0, 0.1) is 5.92 Å². The van der Waals surface area contributed by atoms with Crippen molar-refractivity contribution in [2.45, 2.75) is 37.0 Å². The zero-order valence-corrected chi connectivity index (χ0v) is 13.7. The van der Waals surface area contributed by atoms with Crippen LogP contribution in [0.3, 0.4) is 0 Å². The number of hydrogen-bond donors (Lipinski definition) is 0. The zero-order chi connectivity index (χ0) is 14.8. The number of halogens is 1. The lowest BCUT2D eigenvalue weighted by molar-refractivity contribution is 0.477. The third kappa shape index (κ3) is 3.50. The van der Waals surface area contributed by atoms with E-state index >= 15 is 0 Å². The van der Waals surface area contributed by atoms with Crippen LogP contribution in [0.4, 0.5) is 0 Å². The van der Waals surface area contributed by atoms with E-state index in [0.717, 1.165) is 5.56 Å². The molecule has 0 N–H and O–H groups in total. The predicted octanol–water partition coefficient (Wildman–Crippen LogP) is 3.30. The summed E-state index contributed by atoms with van der Waals surface area (Å²) in [6.07, 6.45) is 0. The number of sulfonamides is 1. The third-order valence-corrected chi connectivity index (χ3v) is 5.41. The van der Waals surface area contributed by atoms with Crippen molar-refractivity contribution in [1.29, 1.82) is 0 Å². The molecule has 1 rings (SSSR count). The molecular weight excluding hydrogens is 282 g/mol. The van der Waals surface area contributed by atoms with Crippen LogP contribution in [-0.4, -0.2) is 32.2 Å².